The first-order valence-electron chi connectivity index (χ1n) is 3.52. The van der Waals surface area contributed by atoms with Crippen LogP contribution >= 0.6 is 0 Å². The number of esters is 1. The molecule has 0 aromatic rings. The van der Waals surface area contributed by atoms with E-state index in [0.717, 1.165) is 0 Å². The molecule has 0 aliphatic heterocycles. The van der Waals surface area contributed by atoms with E-state index in [4.69, 9.17) is 5.26 Å². The molecule has 11 heavy (non-hydrogen) atoms. The van der Waals surface area contributed by atoms with E-state index in [0.29, 0.717) is 18.6 Å². The zero-order chi connectivity index (χ0) is 8.69. The van der Waals surface area contributed by atoms with Crippen LogP contribution in [0.15, 0.2) is 11.6 Å². The largest absolute Gasteiger partial charge is 0.463 e. The Balaban J connectivity index is 4.07. The summed E-state index contributed by atoms with van der Waals surface area (Å²) >= 11 is 0. The Bertz CT molecular complexity index is 201. The van der Waals surface area contributed by atoms with Gasteiger partial charge in [-0.2, -0.15) is 5.26 Å². The average molecular weight is 153 g/mol. The summed E-state index contributed by atoms with van der Waals surface area (Å²) in [6, 6.07) is 1.90. The number of nitrogens with zero attached hydrogens (tertiary/aromatic N) is 1. The molecule has 0 unspecified atom stereocenters. The molecule has 0 radical (unpaired) electrons. The van der Waals surface area contributed by atoms with Crippen LogP contribution in [-0.2, 0) is 9.53 Å². The maximum Gasteiger partial charge on any atom is 0.331 e. The van der Waals surface area contributed by atoms with E-state index in [-0.39, 0.29) is 0 Å². The summed E-state index contributed by atoms with van der Waals surface area (Å²) in [7, 11) is 0. The molecular formula is C8H11NO2. The second-order valence-electron chi connectivity index (χ2n) is 1.89. The van der Waals surface area contributed by atoms with Crippen LogP contribution in [0.4, 0.5) is 0 Å². The summed E-state index contributed by atoms with van der Waals surface area (Å²) in [6.07, 6.45) is 1.79. The molecule has 0 saturated carbocycles. The van der Waals surface area contributed by atoms with E-state index in [9.17, 15) is 4.79 Å². The smallest absolute Gasteiger partial charge is 0.331 e. The number of hydrogen-bond donors (Lipinski definition) is 0. The fourth-order valence-corrected chi connectivity index (χ4v) is 0.540. The summed E-state index contributed by atoms with van der Waals surface area (Å²) < 4.78 is 4.61. The van der Waals surface area contributed by atoms with Gasteiger partial charge in [0.1, 0.15) is 0 Å². The number of nitriles is 1. The highest BCUT2D eigenvalue weighted by atomic mass is 16.5. The summed E-state index contributed by atoms with van der Waals surface area (Å²) in [5.41, 5.74) is 0.448. The van der Waals surface area contributed by atoms with Gasteiger partial charge < -0.3 is 4.74 Å². The summed E-state index contributed by atoms with van der Waals surface area (Å²) in [4.78, 5) is 10.7. The van der Waals surface area contributed by atoms with Gasteiger partial charge in [0, 0.05) is 11.6 Å². The molecule has 0 atom stereocenters. The Kier molecular flexibility index (Phi) is 4.83. The highest BCUT2D eigenvalue weighted by molar-refractivity contribution is 5.83. The van der Waals surface area contributed by atoms with Gasteiger partial charge in [0.2, 0.25) is 0 Å². The van der Waals surface area contributed by atoms with Crippen molar-refractivity contribution in [2.45, 2.75) is 20.3 Å². The molecule has 0 aromatic carbocycles. The number of ether oxygens (including phenoxy) is 1. The molecule has 0 fully saturated rings. The van der Waals surface area contributed by atoms with Crippen molar-refractivity contribution in [3.8, 4) is 6.07 Å². The molecule has 0 rings (SSSR count). The van der Waals surface area contributed by atoms with Crippen molar-refractivity contribution in [3.63, 3.8) is 0 Å². The van der Waals surface area contributed by atoms with Crippen molar-refractivity contribution in [1.82, 2.24) is 0 Å². The lowest BCUT2D eigenvalue weighted by Gasteiger charge is -1.95. The number of carbonyl (C=O) groups is 1. The minimum atomic E-state index is -0.439. The van der Waals surface area contributed by atoms with E-state index < -0.39 is 5.97 Å². The van der Waals surface area contributed by atoms with E-state index in [1.54, 1.807) is 6.92 Å². The third kappa shape index (κ3) is 4.15. The first kappa shape index (κ1) is 9.70. The molecule has 3 nitrogen and oxygen atoms in total. The van der Waals surface area contributed by atoms with Gasteiger partial charge >= 0.3 is 5.97 Å². The first-order chi connectivity index (χ1) is 5.24. The molecular weight excluding hydrogens is 142 g/mol. The van der Waals surface area contributed by atoms with Crippen LogP contribution in [0.25, 0.3) is 0 Å². The Morgan fingerprint density at radius 2 is 2.27 bits per heavy atom. The van der Waals surface area contributed by atoms with Gasteiger partial charge in [-0.15, -0.1) is 0 Å². The lowest BCUT2D eigenvalue weighted by Crippen LogP contribution is -2.00. The maximum atomic E-state index is 10.7. The standard InChI is InChI=1S/C8H11NO2/c1-3-7(6-9)5-8(10)11-4-2/h5H,3-4H2,1-2H3. The van der Waals surface area contributed by atoms with Gasteiger partial charge in [0.05, 0.1) is 12.7 Å². The van der Waals surface area contributed by atoms with Crippen LogP contribution < -0.4 is 0 Å². The predicted octanol–water partition coefficient (Wildman–Crippen LogP) is 1.41. The topological polar surface area (TPSA) is 50.1 Å². The van der Waals surface area contributed by atoms with Gasteiger partial charge in [-0.25, -0.2) is 4.79 Å². The van der Waals surface area contributed by atoms with Crippen LogP contribution in [-0.4, -0.2) is 12.6 Å². The Morgan fingerprint density at radius 3 is 2.64 bits per heavy atom. The quantitative estimate of drug-likeness (QED) is 0.350. The first-order valence-corrected chi connectivity index (χ1v) is 3.52. The fourth-order valence-electron chi connectivity index (χ4n) is 0.540. The SMILES string of the molecule is CCOC(=O)C=C(C#N)CC. The van der Waals surface area contributed by atoms with Crippen LogP contribution in [0.5, 0.6) is 0 Å². The molecule has 0 aliphatic carbocycles. The van der Waals surface area contributed by atoms with Gasteiger partial charge in [-0.3, -0.25) is 0 Å². The number of rotatable bonds is 3. The van der Waals surface area contributed by atoms with E-state index in [1.807, 2.05) is 13.0 Å². The monoisotopic (exact) mass is 153 g/mol. The van der Waals surface area contributed by atoms with Crippen molar-refractivity contribution >= 4 is 5.97 Å². The molecule has 0 aliphatic rings. The molecule has 0 heterocycles. The van der Waals surface area contributed by atoms with Crippen molar-refractivity contribution < 1.29 is 9.53 Å². The Hall–Kier alpha value is -1.30. The second-order valence-corrected chi connectivity index (χ2v) is 1.89. The molecule has 0 bridgehead atoms. The van der Waals surface area contributed by atoms with Gasteiger partial charge in [0.25, 0.3) is 0 Å². The summed E-state index contributed by atoms with van der Waals surface area (Å²) in [5.74, 6) is -0.439. The fraction of sp³-hybridized carbons (Fsp3) is 0.500. The number of allylic oxidation sites excluding steroid dienone is 1. The number of hydrogen-bond acceptors (Lipinski definition) is 3. The summed E-state index contributed by atoms with van der Waals surface area (Å²) in [6.45, 7) is 3.88. The average Bonchev–Trinajstić information content (AvgIpc) is 2.01. The zero-order valence-electron chi connectivity index (χ0n) is 6.76. The highest BCUT2D eigenvalue weighted by Crippen LogP contribution is 1.97. The van der Waals surface area contributed by atoms with Crippen LogP contribution in [0.3, 0.4) is 0 Å². The maximum absolute atomic E-state index is 10.7. The van der Waals surface area contributed by atoms with Crippen molar-refractivity contribution in [2.24, 2.45) is 0 Å². The third-order valence-corrected chi connectivity index (χ3v) is 1.10. The van der Waals surface area contributed by atoms with E-state index in [1.165, 1.54) is 6.08 Å². The van der Waals surface area contributed by atoms with E-state index in [2.05, 4.69) is 4.74 Å². The lowest BCUT2D eigenvalue weighted by atomic mass is 10.2. The van der Waals surface area contributed by atoms with Gasteiger partial charge in [-0.1, -0.05) is 6.92 Å². The Morgan fingerprint density at radius 1 is 1.64 bits per heavy atom. The van der Waals surface area contributed by atoms with Gasteiger partial charge in [0.15, 0.2) is 0 Å². The molecule has 0 amide bonds. The normalized spacial score (nSPS) is 10.5. The molecule has 0 N–H and O–H groups in total. The van der Waals surface area contributed by atoms with Crippen LogP contribution in [0.2, 0.25) is 0 Å². The van der Waals surface area contributed by atoms with Gasteiger partial charge in [-0.05, 0) is 13.3 Å². The zero-order valence-corrected chi connectivity index (χ0v) is 6.76. The Labute approximate surface area is 66.3 Å². The van der Waals surface area contributed by atoms with Crippen molar-refractivity contribution in [2.75, 3.05) is 6.61 Å². The number of carbonyl (C=O) groups excluding carboxylic acids is 1. The van der Waals surface area contributed by atoms with Crippen molar-refractivity contribution in [1.29, 1.82) is 5.26 Å². The van der Waals surface area contributed by atoms with Crippen LogP contribution in [0, 0.1) is 11.3 Å². The van der Waals surface area contributed by atoms with Crippen molar-refractivity contribution in [3.05, 3.63) is 11.6 Å². The molecule has 60 valence electrons. The molecule has 0 spiro atoms. The highest BCUT2D eigenvalue weighted by Gasteiger charge is 1.98. The minimum Gasteiger partial charge on any atom is -0.463 e. The molecule has 3 heteroatoms. The predicted molar refractivity (Wildman–Crippen MR) is 40.6 cm³/mol. The third-order valence-electron chi connectivity index (χ3n) is 1.10. The van der Waals surface area contributed by atoms with Crippen LogP contribution in [0.1, 0.15) is 20.3 Å². The second kappa shape index (κ2) is 5.48. The lowest BCUT2D eigenvalue weighted by molar-refractivity contribution is -0.137. The van der Waals surface area contributed by atoms with E-state index >= 15 is 0 Å². The molecule has 0 saturated heterocycles. The minimum absolute atomic E-state index is 0.345. The molecule has 0 aromatic heterocycles. The summed E-state index contributed by atoms with van der Waals surface area (Å²) in [5, 5.41) is 8.42.